The summed E-state index contributed by atoms with van der Waals surface area (Å²) in [4.78, 5) is 75.2. The molecule has 0 aliphatic heterocycles. The second-order valence-electron chi connectivity index (χ2n) is 12.6. The van der Waals surface area contributed by atoms with Gasteiger partial charge >= 0.3 is 0 Å². The summed E-state index contributed by atoms with van der Waals surface area (Å²) in [5.41, 5.74) is -2.92. The SMILES string of the molecule is C[N+](C)(C)CCCn1c2c(=O)c3c(=O)ccc(=O)c3c(=O)c2[nH]n1O.O=C1c2ccccc2C(=O)c2c1n[n+]([O-])n2COCOc1ccccc1. The number of hydrogen-bond donors (Lipinski definition) is 2. The number of carbonyl (C=O) groups excluding carboxylic acids is 2. The molecule has 0 spiro atoms. The molecule has 0 radical (unpaired) electrons. The Kier molecular flexibility index (Phi) is 9.07. The van der Waals surface area contributed by atoms with Crippen LogP contribution in [-0.2, 0) is 18.0 Å². The molecule has 6 aromatic rings. The molecule has 7 rings (SSSR count). The Morgan fingerprint density at radius 3 is 2.10 bits per heavy atom. The van der Waals surface area contributed by atoms with Crippen LogP contribution in [0.1, 0.15) is 38.5 Å². The fourth-order valence-electron chi connectivity index (χ4n) is 5.76. The maximum Gasteiger partial charge on any atom is 0.220 e. The van der Waals surface area contributed by atoms with Gasteiger partial charge in [0.05, 0.1) is 45.0 Å². The molecular weight excluding hydrogens is 666 g/mol. The van der Waals surface area contributed by atoms with Crippen LogP contribution in [0.15, 0.2) is 85.9 Å². The Balaban J connectivity index is 0.000000176. The van der Waals surface area contributed by atoms with Gasteiger partial charge in [-0.1, -0.05) is 52.1 Å². The molecule has 17 heteroatoms. The van der Waals surface area contributed by atoms with Crippen LogP contribution in [0.3, 0.4) is 0 Å². The van der Waals surface area contributed by atoms with Gasteiger partial charge in [-0.15, -0.1) is 0 Å². The van der Waals surface area contributed by atoms with Gasteiger partial charge in [0, 0.05) is 27.6 Å². The molecule has 1 aliphatic rings. The molecule has 1 aliphatic carbocycles. The second-order valence-corrected chi connectivity index (χ2v) is 12.6. The molecule has 0 unspecified atom stereocenters. The molecule has 0 saturated heterocycles. The van der Waals surface area contributed by atoms with Crippen molar-refractivity contribution in [3.63, 3.8) is 0 Å². The van der Waals surface area contributed by atoms with E-state index in [0.717, 1.165) is 23.4 Å². The fourth-order valence-corrected chi connectivity index (χ4v) is 5.76. The Morgan fingerprint density at radius 2 is 1.45 bits per heavy atom. The number of nitrogens with one attached hydrogen (secondary N) is 1. The number of fused-ring (bicyclic) bond motifs is 4. The van der Waals surface area contributed by atoms with Gasteiger partial charge in [-0.3, -0.25) is 28.8 Å². The van der Waals surface area contributed by atoms with E-state index >= 15 is 0 Å². The number of rotatable bonds is 9. The van der Waals surface area contributed by atoms with Crippen molar-refractivity contribution in [1.29, 1.82) is 0 Å². The van der Waals surface area contributed by atoms with Gasteiger partial charge in [-0.25, -0.2) is 9.78 Å². The van der Waals surface area contributed by atoms with E-state index in [1.807, 2.05) is 39.3 Å². The number of H-pyrrole nitrogens is 1. The lowest BCUT2D eigenvalue weighted by molar-refractivity contribution is -0.870. The third-order valence-electron chi connectivity index (χ3n) is 8.15. The summed E-state index contributed by atoms with van der Waals surface area (Å²) in [6, 6.07) is 17.4. The largest absolute Gasteiger partial charge is 0.571 e. The van der Waals surface area contributed by atoms with Crippen LogP contribution in [0.4, 0.5) is 0 Å². The fraction of sp³-hybridized carbons (Fsp3) is 0.235. The number of quaternary nitrogens is 1. The summed E-state index contributed by atoms with van der Waals surface area (Å²) in [5.74, 6) is -0.292. The summed E-state index contributed by atoms with van der Waals surface area (Å²) < 4.78 is 13.6. The molecule has 0 bridgehead atoms. The number of aromatic nitrogens is 6. The van der Waals surface area contributed by atoms with Gasteiger partial charge in [0.2, 0.25) is 28.1 Å². The lowest BCUT2D eigenvalue weighted by Crippen LogP contribution is -2.42. The molecule has 4 aromatic carbocycles. The maximum atomic E-state index is 12.8. The molecule has 51 heavy (non-hydrogen) atoms. The van der Waals surface area contributed by atoms with E-state index in [-0.39, 0.29) is 58.6 Å². The first kappa shape index (κ1) is 34.4. The molecule has 262 valence electrons. The van der Waals surface area contributed by atoms with Crippen molar-refractivity contribution in [2.24, 2.45) is 0 Å². The number of benzene rings is 4. The van der Waals surface area contributed by atoms with Gasteiger partial charge in [-0.05, 0) is 24.3 Å². The quantitative estimate of drug-likeness (QED) is 0.0527. The smallest absolute Gasteiger partial charge is 0.220 e. The highest BCUT2D eigenvalue weighted by Gasteiger charge is 2.39. The van der Waals surface area contributed by atoms with Crippen LogP contribution in [0.5, 0.6) is 5.75 Å². The minimum absolute atomic E-state index is 0.0802. The lowest BCUT2D eigenvalue weighted by atomic mass is 9.90. The zero-order valence-corrected chi connectivity index (χ0v) is 27.7. The van der Waals surface area contributed by atoms with Crippen molar-refractivity contribution in [2.45, 2.75) is 19.7 Å². The van der Waals surface area contributed by atoms with Crippen molar-refractivity contribution in [3.05, 3.63) is 135 Å². The highest BCUT2D eigenvalue weighted by molar-refractivity contribution is 6.26. The molecule has 0 saturated carbocycles. The molecular formula is C34H32N7O10+. The van der Waals surface area contributed by atoms with Gasteiger partial charge < -0.3 is 24.4 Å². The minimum atomic E-state index is -0.763. The van der Waals surface area contributed by atoms with Gasteiger partial charge in [0.25, 0.3) is 0 Å². The second kappa shape index (κ2) is 13.4. The molecule has 2 aromatic heterocycles. The number of aromatic amines is 1. The van der Waals surface area contributed by atoms with Crippen LogP contribution in [0.25, 0.3) is 21.8 Å². The zero-order valence-electron chi connectivity index (χ0n) is 27.7. The van der Waals surface area contributed by atoms with Crippen molar-refractivity contribution >= 4 is 33.4 Å². The Hall–Kier alpha value is -6.46. The van der Waals surface area contributed by atoms with E-state index < -0.39 is 44.1 Å². The predicted octanol–water partition coefficient (Wildman–Crippen LogP) is 0.439. The zero-order chi connectivity index (χ0) is 36.6. The topological polar surface area (TPSA) is 212 Å². The Bertz CT molecular complexity index is 2550. The molecule has 0 fully saturated rings. The van der Waals surface area contributed by atoms with Gasteiger partial charge in [-0.2, -0.15) is 0 Å². The Morgan fingerprint density at radius 1 is 0.843 bits per heavy atom. The highest BCUT2D eigenvalue weighted by atomic mass is 16.7. The number of ketones is 2. The summed E-state index contributed by atoms with van der Waals surface area (Å²) >= 11 is 0. The number of ether oxygens (including phenoxy) is 2. The minimum Gasteiger partial charge on any atom is -0.571 e. The summed E-state index contributed by atoms with van der Waals surface area (Å²) in [6.07, 6.45) is 0.624. The Labute approximate surface area is 286 Å². The normalized spacial score (nSPS) is 12.5. The van der Waals surface area contributed by atoms with E-state index in [9.17, 15) is 39.2 Å². The number of hydrogen-bond acceptors (Lipinski definition) is 11. The van der Waals surface area contributed by atoms with Crippen LogP contribution < -0.4 is 31.4 Å². The monoisotopic (exact) mass is 698 g/mol. The van der Waals surface area contributed by atoms with Gasteiger partial charge in [0.1, 0.15) is 16.8 Å². The third kappa shape index (κ3) is 6.50. The number of para-hydroxylation sites is 1. The number of carbonyl (C=O) groups is 2. The van der Waals surface area contributed by atoms with Crippen LogP contribution in [-0.4, -0.2) is 80.3 Å². The van der Waals surface area contributed by atoms with E-state index in [1.165, 1.54) is 10.7 Å². The maximum absolute atomic E-state index is 12.8. The molecule has 2 N–H and O–H groups in total. The van der Waals surface area contributed by atoms with E-state index in [2.05, 4.69) is 10.2 Å². The standard InChI is InChI=1S/C18H13N3O5.C16H18N4O5/c22-17-13-8-4-5-9-14(13)18(23)16-15(17)19-21(24)20(16)10-25-11-26-12-6-2-1-3-7-12;1-20(2,3)8-4-7-18-14-13(17-19(18)25)15(23)11-9(21)5-6-10(22)12(11)16(14)24/h1-9H,10-11H2;5-6,25H,4,7-8H2,1-3H3/p+1. The molecule has 0 amide bonds. The van der Waals surface area contributed by atoms with Gasteiger partial charge in [0.15, 0.2) is 30.1 Å². The summed E-state index contributed by atoms with van der Waals surface area (Å²) in [6.45, 7) is 0.621. The highest BCUT2D eigenvalue weighted by Crippen LogP contribution is 2.25. The molecule has 17 nitrogen and oxygen atoms in total. The average molecular weight is 699 g/mol. The predicted molar refractivity (Wildman–Crippen MR) is 180 cm³/mol. The van der Waals surface area contributed by atoms with E-state index in [0.29, 0.717) is 21.6 Å². The van der Waals surface area contributed by atoms with Crippen LogP contribution in [0.2, 0.25) is 0 Å². The molecule has 0 atom stereocenters. The first-order valence-corrected chi connectivity index (χ1v) is 15.6. The summed E-state index contributed by atoms with van der Waals surface area (Å²) in [7, 11) is 6.03. The van der Waals surface area contributed by atoms with Crippen molar-refractivity contribution in [1.82, 2.24) is 24.5 Å². The third-order valence-corrected chi connectivity index (χ3v) is 8.15. The van der Waals surface area contributed by atoms with E-state index in [1.54, 1.807) is 30.3 Å². The molecule has 2 heterocycles. The van der Waals surface area contributed by atoms with Crippen molar-refractivity contribution in [3.8, 4) is 5.75 Å². The lowest BCUT2D eigenvalue weighted by Gasteiger charge is -2.23. The number of nitrogens with zero attached hydrogens (tertiary/aromatic N) is 6. The average Bonchev–Trinajstić information content (AvgIpc) is 3.62. The number of aryl methyl sites for hydroxylation is 1. The van der Waals surface area contributed by atoms with Crippen molar-refractivity contribution < 1.29 is 33.7 Å². The van der Waals surface area contributed by atoms with E-state index in [4.69, 9.17) is 9.47 Å². The van der Waals surface area contributed by atoms with Crippen LogP contribution in [0, 0.1) is 5.21 Å². The van der Waals surface area contributed by atoms with Crippen LogP contribution >= 0.6 is 0 Å². The summed E-state index contributed by atoms with van der Waals surface area (Å²) in [5, 5.41) is 27.3. The first-order chi connectivity index (χ1) is 24.3. The first-order valence-electron chi connectivity index (χ1n) is 15.6. The van der Waals surface area contributed by atoms with Crippen molar-refractivity contribution in [2.75, 3.05) is 34.5 Å².